The van der Waals surface area contributed by atoms with Crippen LogP contribution >= 0.6 is 0 Å². The van der Waals surface area contributed by atoms with Crippen molar-refractivity contribution >= 4 is 17.4 Å². The van der Waals surface area contributed by atoms with Crippen molar-refractivity contribution < 1.29 is 14.6 Å². The van der Waals surface area contributed by atoms with E-state index in [1.165, 1.54) is 0 Å². The standard InChI is InChI=1S/C24H36N6O3.C2H6/c1-15-13-30-21(26-23(15)28-11-9-16(25)14-28)12-18(27-30)19-7-3-4-10-29(19)24(32)17-6-5-8-20(33-2)22(17)31;1-2/h12-13,16-17,19-20,22,31H,3-11,14,25H2,1-2H3;1-2H3. The number of fused-ring (bicyclic) bond motifs is 1. The highest BCUT2D eigenvalue weighted by Crippen LogP contribution is 2.36. The zero-order chi connectivity index (χ0) is 25.1. The minimum absolute atomic E-state index is 0.0295. The molecule has 0 bridgehead atoms. The molecule has 1 saturated carbocycles. The van der Waals surface area contributed by atoms with E-state index in [0.29, 0.717) is 13.0 Å². The van der Waals surface area contributed by atoms with Crippen LogP contribution in [0.15, 0.2) is 12.3 Å². The summed E-state index contributed by atoms with van der Waals surface area (Å²) >= 11 is 0. The van der Waals surface area contributed by atoms with Gasteiger partial charge in [0.1, 0.15) is 5.82 Å². The summed E-state index contributed by atoms with van der Waals surface area (Å²) in [5.74, 6) is 0.587. The maximum absolute atomic E-state index is 13.6. The molecule has 0 spiro atoms. The molecule has 9 heteroatoms. The average molecular weight is 487 g/mol. The van der Waals surface area contributed by atoms with Crippen molar-refractivity contribution in [3.63, 3.8) is 0 Å². The predicted molar refractivity (Wildman–Crippen MR) is 136 cm³/mol. The highest BCUT2D eigenvalue weighted by atomic mass is 16.5. The van der Waals surface area contributed by atoms with Gasteiger partial charge in [0.05, 0.1) is 29.9 Å². The number of aliphatic hydroxyl groups excluding tert-OH is 1. The van der Waals surface area contributed by atoms with Crippen LogP contribution in [-0.4, -0.2) is 75.5 Å². The Balaban J connectivity index is 0.00000141. The van der Waals surface area contributed by atoms with Crippen LogP contribution in [0.5, 0.6) is 0 Å². The third-order valence-corrected chi connectivity index (χ3v) is 7.69. The van der Waals surface area contributed by atoms with Crippen LogP contribution in [0.2, 0.25) is 0 Å². The number of methoxy groups -OCH3 is 1. The first-order chi connectivity index (χ1) is 17.0. The Morgan fingerprint density at radius 2 is 1.94 bits per heavy atom. The largest absolute Gasteiger partial charge is 0.390 e. The summed E-state index contributed by atoms with van der Waals surface area (Å²) in [6.07, 6.45) is 7.28. The van der Waals surface area contributed by atoms with Gasteiger partial charge in [-0.3, -0.25) is 4.79 Å². The minimum Gasteiger partial charge on any atom is -0.390 e. The summed E-state index contributed by atoms with van der Waals surface area (Å²) in [6, 6.07) is 2.12. The van der Waals surface area contributed by atoms with Gasteiger partial charge in [0, 0.05) is 50.6 Å². The van der Waals surface area contributed by atoms with Crippen molar-refractivity contribution in [2.75, 3.05) is 31.6 Å². The van der Waals surface area contributed by atoms with Gasteiger partial charge >= 0.3 is 0 Å². The van der Waals surface area contributed by atoms with Crippen LogP contribution in [0.1, 0.15) is 76.1 Å². The maximum atomic E-state index is 13.6. The molecule has 4 heterocycles. The number of nitrogens with zero attached hydrogens (tertiary/aromatic N) is 5. The number of carbonyl (C=O) groups is 1. The van der Waals surface area contributed by atoms with Gasteiger partial charge in [0.2, 0.25) is 5.91 Å². The summed E-state index contributed by atoms with van der Waals surface area (Å²) < 4.78 is 7.27. The van der Waals surface area contributed by atoms with Gasteiger partial charge < -0.3 is 25.4 Å². The number of aromatic nitrogens is 3. The Bertz CT molecular complexity index is 1010. The van der Waals surface area contributed by atoms with Crippen molar-refractivity contribution in [2.24, 2.45) is 11.7 Å². The lowest BCUT2D eigenvalue weighted by molar-refractivity contribution is -0.151. The Labute approximate surface area is 208 Å². The first-order valence-corrected chi connectivity index (χ1v) is 13.3. The Hall–Kier alpha value is -2.23. The van der Waals surface area contributed by atoms with Gasteiger partial charge in [-0.15, -0.1) is 0 Å². The molecule has 3 fully saturated rings. The number of likely N-dealkylation sites (tertiary alicyclic amines) is 1. The van der Waals surface area contributed by atoms with E-state index in [9.17, 15) is 9.90 Å². The van der Waals surface area contributed by atoms with E-state index in [-0.39, 0.29) is 24.1 Å². The second-order valence-corrected chi connectivity index (χ2v) is 9.96. The Morgan fingerprint density at radius 1 is 1.14 bits per heavy atom. The number of hydrogen-bond donors (Lipinski definition) is 2. The molecule has 5 rings (SSSR count). The number of nitrogens with two attached hydrogens (primary N) is 1. The lowest BCUT2D eigenvalue weighted by Crippen LogP contribution is -2.50. The molecule has 3 aliphatic rings. The zero-order valence-electron chi connectivity index (χ0n) is 21.7. The lowest BCUT2D eigenvalue weighted by Gasteiger charge is -2.40. The van der Waals surface area contributed by atoms with Crippen molar-refractivity contribution in [2.45, 2.75) is 90.0 Å². The lowest BCUT2D eigenvalue weighted by atomic mass is 9.82. The van der Waals surface area contributed by atoms with E-state index >= 15 is 0 Å². The molecule has 35 heavy (non-hydrogen) atoms. The zero-order valence-corrected chi connectivity index (χ0v) is 21.7. The molecular formula is C26H42N6O3. The molecule has 2 saturated heterocycles. The van der Waals surface area contributed by atoms with Crippen LogP contribution in [0.25, 0.3) is 5.65 Å². The summed E-state index contributed by atoms with van der Waals surface area (Å²) in [6.45, 7) is 8.49. The van der Waals surface area contributed by atoms with Gasteiger partial charge in [0.25, 0.3) is 0 Å². The van der Waals surface area contributed by atoms with E-state index in [2.05, 4.69) is 11.8 Å². The van der Waals surface area contributed by atoms with Crippen molar-refractivity contribution in [3.05, 3.63) is 23.5 Å². The first-order valence-electron chi connectivity index (χ1n) is 13.3. The fourth-order valence-corrected chi connectivity index (χ4v) is 5.86. The molecule has 194 valence electrons. The smallest absolute Gasteiger partial charge is 0.228 e. The molecule has 0 radical (unpaired) electrons. The fourth-order valence-electron chi connectivity index (χ4n) is 5.86. The number of aliphatic hydroxyl groups is 1. The van der Waals surface area contributed by atoms with Crippen LogP contribution in [0, 0.1) is 12.8 Å². The molecule has 0 aromatic carbocycles. The molecule has 5 unspecified atom stereocenters. The highest BCUT2D eigenvalue weighted by molar-refractivity contribution is 5.80. The number of piperidine rings is 1. The topological polar surface area (TPSA) is 109 Å². The third-order valence-electron chi connectivity index (χ3n) is 7.69. The number of carbonyl (C=O) groups excluding carboxylic acids is 1. The quantitative estimate of drug-likeness (QED) is 0.684. The number of rotatable bonds is 4. The summed E-state index contributed by atoms with van der Waals surface area (Å²) in [4.78, 5) is 22.7. The Kier molecular flexibility index (Phi) is 8.29. The van der Waals surface area contributed by atoms with E-state index in [4.69, 9.17) is 20.6 Å². The van der Waals surface area contributed by atoms with E-state index < -0.39 is 12.0 Å². The van der Waals surface area contributed by atoms with Gasteiger partial charge in [-0.1, -0.05) is 13.8 Å². The number of aryl methyl sites for hydroxylation is 1. The molecule has 5 atom stereocenters. The van der Waals surface area contributed by atoms with Crippen LogP contribution in [0.3, 0.4) is 0 Å². The molecular weight excluding hydrogens is 444 g/mol. The van der Waals surface area contributed by atoms with Crippen LogP contribution < -0.4 is 10.6 Å². The van der Waals surface area contributed by atoms with Gasteiger partial charge in [-0.25, -0.2) is 9.50 Å². The minimum atomic E-state index is -0.751. The first kappa shape index (κ1) is 25.9. The summed E-state index contributed by atoms with van der Waals surface area (Å²) in [5, 5.41) is 15.6. The molecule has 1 aliphatic carbocycles. The van der Waals surface area contributed by atoms with E-state index in [1.807, 2.05) is 35.5 Å². The fraction of sp³-hybridized carbons (Fsp3) is 0.731. The number of hydrogen-bond acceptors (Lipinski definition) is 7. The second kappa shape index (κ2) is 11.2. The van der Waals surface area contributed by atoms with Crippen molar-refractivity contribution in [1.29, 1.82) is 0 Å². The van der Waals surface area contributed by atoms with E-state index in [0.717, 1.165) is 74.3 Å². The number of anilines is 1. The van der Waals surface area contributed by atoms with Gasteiger partial charge in [-0.05, 0) is 51.9 Å². The van der Waals surface area contributed by atoms with Gasteiger partial charge in [-0.2, -0.15) is 5.10 Å². The van der Waals surface area contributed by atoms with Crippen molar-refractivity contribution in [3.8, 4) is 0 Å². The molecule has 2 aromatic heterocycles. The summed E-state index contributed by atoms with van der Waals surface area (Å²) in [5.41, 5.74) is 8.84. The average Bonchev–Trinajstić information content (AvgIpc) is 3.50. The van der Waals surface area contributed by atoms with Crippen molar-refractivity contribution in [1.82, 2.24) is 19.5 Å². The molecule has 3 N–H and O–H groups in total. The molecule has 1 amide bonds. The van der Waals surface area contributed by atoms with Crippen LogP contribution in [0.4, 0.5) is 5.82 Å². The maximum Gasteiger partial charge on any atom is 0.228 e. The summed E-state index contributed by atoms with van der Waals surface area (Å²) in [7, 11) is 1.61. The Morgan fingerprint density at radius 3 is 2.66 bits per heavy atom. The third kappa shape index (κ3) is 5.17. The predicted octanol–water partition coefficient (Wildman–Crippen LogP) is 2.83. The normalized spacial score (nSPS) is 29.3. The SMILES string of the molecule is CC.COC1CCCC(C(=O)N2CCCCC2c2cc3nc(N4CCC(N)C4)c(C)cn3n2)C1O. The molecule has 9 nitrogen and oxygen atoms in total. The number of ether oxygens (including phenoxy) is 1. The molecule has 2 aliphatic heterocycles. The molecule has 2 aromatic rings. The van der Waals surface area contributed by atoms with Gasteiger partial charge in [0.15, 0.2) is 5.65 Å². The van der Waals surface area contributed by atoms with Crippen LogP contribution in [-0.2, 0) is 9.53 Å². The second-order valence-electron chi connectivity index (χ2n) is 9.96. The number of amides is 1. The highest BCUT2D eigenvalue weighted by Gasteiger charge is 2.41. The van der Waals surface area contributed by atoms with E-state index in [1.54, 1.807) is 7.11 Å². The monoisotopic (exact) mass is 486 g/mol.